The topological polar surface area (TPSA) is 71.8 Å². The summed E-state index contributed by atoms with van der Waals surface area (Å²) >= 11 is 0. The lowest BCUT2D eigenvalue weighted by Crippen LogP contribution is -2.18. The molecular formula is C24H27N5O. The average molecular weight is 402 g/mol. The van der Waals surface area contributed by atoms with Crippen LogP contribution in [0.15, 0.2) is 66.6 Å². The standard InChI is InChI=1S/C24H27N5O/c1-18-7-9-19(10-8-18)21-5-2-3-6-22(21)24(30)28-20-11-12-23(26-17-20)25-14-16-29-15-4-13-27-29/h4,7-13,15,17H,2-3,5-6,14,16H2,1H3,(H,25,26)(H,28,30). The molecule has 0 unspecified atom stereocenters. The number of anilines is 2. The third-order valence-electron chi connectivity index (χ3n) is 5.37. The molecule has 6 heteroatoms. The Hall–Kier alpha value is -3.41. The highest BCUT2D eigenvalue weighted by molar-refractivity contribution is 6.09. The predicted molar refractivity (Wildman–Crippen MR) is 120 cm³/mol. The normalized spacial score (nSPS) is 13.9. The lowest BCUT2D eigenvalue weighted by Gasteiger charge is -2.20. The molecule has 2 N–H and O–H groups in total. The van der Waals surface area contributed by atoms with Crippen molar-refractivity contribution in [3.05, 3.63) is 77.8 Å². The lowest BCUT2D eigenvalue weighted by atomic mass is 9.86. The molecule has 4 rings (SSSR count). The summed E-state index contributed by atoms with van der Waals surface area (Å²) in [5.41, 5.74) is 5.15. The van der Waals surface area contributed by atoms with E-state index in [2.05, 4.69) is 51.9 Å². The fourth-order valence-corrected chi connectivity index (χ4v) is 3.74. The van der Waals surface area contributed by atoms with Gasteiger partial charge in [-0.2, -0.15) is 5.10 Å². The molecule has 1 aliphatic carbocycles. The van der Waals surface area contributed by atoms with E-state index in [0.717, 1.165) is 55.7 Å². The van der Waals surface area contributed by atoms with E-state index in [-0.39, 0.29) is 5.91 Å². The van der Waals surface area contributed by atoms with Crippen LogP contribution in [0.25, 0.3) is 5.57 Å². The summed E-state index contributed by atoms with van der Waals surface area (Å²) in [4.78, 5) is 17.4. The van der Waals surface area contributed by atoms with E-state index in [9.17, 15) is 4.79 Å². The van der Waals surface area contributed by atoms with Crippen LogP contribution in [0.5, 0.6) is 0 Å². The van der Waals surface area contributed by atoms with Gasteiger partial charge in [-0.15, -0.1) is 0 Å². The fraction of sp³-hybridized carbons (Fsp3) is 0.292. The van der Waals surface area contributed by atoms with Gasteiger partial charge in [-0.25, -0.2) is 4.98 Å². The molecule has 30 heavy (non-hydrogen) atoms. The number of rotatable bonds is 7. The van der Waals surface area contributed by atoms with Crippen LogP contribution in [0.1, 0.15) is 36.8 Å². The van der Waals surface area contributed by atoms with Crippen molar-refractivity contribution in [3.8, 4) is 0 Å². The number of aromatic nitrogens is 3. The van der Waals surface area contributed by atoms with Crippen LogP contribution in [0, 0.1) is 6.92 Å². The number of carbonyl (C=O) groups is 1. The Morgan fingerprint density at radius 1 is 1.10 bits per heavy atom. The fourth-order valence-electron chi connectivity index (χ4n) is 3.74. The Bertz CT molecular complexity index is 1000. The molecular weight excluding hydrogens is 374 g/mol. The molecule has 1 aliphatic rings. The summed E-state index contributed by atoms with van der Waals surface area (Å²) in [5.74, 6) is 0.754. The number of hydrogen-bond donors (Lipinski definition) is 2. The first kappa shape index (κ1) is 19.9. The van der Waals surface area contributed by atoms with E-state index in [0.29, 0.717) is 5.69 Å². The largest absolute Gasteiger partial charge is 0.368 e. The average Bonchev–Trinajstić information content (AvgIpc) is 3.29. The van der Waals surface area contributed by atoms with Crippen LogP contribution in [0.4, 0.5) is 11.5 Å². The van der Waals surface area contributed by atoms with E-state index >= 15 is 0 Å². The van der Waals surface area contributed by atoms with Crippen molar-refractivity contribution < 1.29 is 4.79 Å². The van der Waals surface area contributed by atoms with Crippen molar-refractivity contribution in [1.29, 1.82) is 0 Å². The second-order valence-corrected chi connectivity index (χ2v) is 7.61. The van der Waals surface area contributed by atoms with Gasteiger partial charge in [0.25, 0.3) is 5.91 Å². The number of pyridine rings is 1. The summed E-state index contributed by atoms with van der Waals surface area (Å²) in [5, 5.41) is 10.5. The molecule has 154 valence electrons. The maximum Gasteiger partial charge on any atom is 0.251 e. The number of hydrogen-bond acceptors (Lipinski definition) is 4. The van der Waals surface area contributed by atoms with E-state index in [1.807, 2.05) is 29.1 Å². The molecule has 0 fully saturated rings. The summed E-state index contributed by atoms with van der Waals surface area (Å²) in [7, 11) is 0. The highest BCUT2D eigenvalue weighted by Crippen LogP contribution is 2.33. The molecule has 2 aromatic heterocycles. The van der Waals surface area contributed by atoms with Crippen molar-refractivity contribution in [1.82, 2.24) is 14.8 Å². The second kappa shape index (κ2) is 9.39. The van der Waals surface area contributed by atoms with Gasteiger partial charge in [0.15, 0.2) is 0 Å². The zero-order chi connectivity index (χ0) is 20.8. The highest BCUT2D eigenvalue weighted by Gasteiger charge is 2.20. The third kappa shape index (κ3) is 4.95. The molecule has 1 amide bonds. The van der Waals surface area contributed by atoms with Gasteiger partial charge >= 0.3 is 0 Å². The van der Waals surface area contributed by atoms with Crippen molar-refractivity contribution in [2.75, 3.05) is 17.2 Å². The second-order valence-electron chi connectivity index (χ2n) is 7.61. The van der Waals surface area contributed by atoms with Gasteiger partial charge in [0, 0.05) is 24.5 Å². The summed E-state index contributed by atoms with van der Waals surface area (Å²) in [6.07, 6.45) is 9.33. The van der Waals surface area contributed by atoms with Crippen LogP contribution >= 0.6 is 0 Å². The molecule has 0 radical (unpaired) electrons. The Balaban J connectivity index is 1.40. The Morgan fingerprint density at radius 3 is 2.67 bits per heavy atom. The Kier molecular flexibility index (Phi) is 6.23. The van der Waals surface area contributed by atoms with Gasteiger partial charge in [-0.3, -0.25) is 9.48 Å². The minimum atomic E-state index is -0.0218. The van der Waals surface area contributed by atoms with Crippen LogP contribution in [-0.4, -0.2) is 27.2 Å². The first-order chi connectivity index (χ1) is 14.7. The van der Waals surface area contributed by atoms with Gasteiger partial charge in [-0.1, -0.05) is 29.8 Å². The molecule has 0 aliphatic heterocycles. The number of carbonyl (C=O) groups excluding carboxylic acids is 1. The monoisotopic (exact) mass is 401 g/mol. The summed E-state index contributed by atoms with van der Waals surface area (Å²) in [6.45, 7) is 3.58. The smallest absolute Gasteiger partial charge is 0.251 e. The van der Waals surface area contributed by atoms with Crippen molar-refractivity contribution in [2.45, 2.75) is 39.2 Å². The van der Waals surface area contributed by atoms with Crippen molar-refractivity contribution in [2.24, 2.45) is 0 Å². The lowest BCUT2D eigenvalue weighted by molar-refractivity contribution is -0.113. The zero-order valence-corrected chi connectivity index (χ0v) is 17.3. The number of nitrogens with zero attached hydrogens (tertiary/aromatic N) is 3. The molecule has 3 aromatic rings. The highest BCUT2D eigenvalue weighted by atomic mass is 16.1. The van der Waals surface area contributed by atoms with E-state index < -0.39 is 0 Å². The van der Waals surface area contributed by atoms with Crippen LogP contribution in [-0.2, 0) is 11.3 Å². The van der Waals surface area contributed by atoms with Gasteiger partial charge in [0.05, 0.1) is 18.4 Å². The molecule has 1 aromatic carbocycles. The molecule has 0 saturated carbocycles. The van der Waals surface area contributed by atoms with Crippen molar-refractivity contribution in [3.63, 3.8) is 0 Å². The molecule has 0 spiro atoms. The van der Waals surface area contributed by atoms with E-state index in [1.54, 1.807) is 12.4 Å². The predicted octanol–water partition coefficient (Wildman–Crippen LogP) is 4.66. The Morgan fingerprint density at radius 2 is 1.93 bits per heavy atom. The minimum absolute atomic E-state index is 0.0218. The van der Waals surface area contributed by atoms with Gasteiger partial charge in [0.2, 0.25) is 0 Å². The van der Waals surface area contributed by atoms with Crippen molar-refractivity contribution >= 4 is 23.0 Å². The number of amides is 1. The number of allylic oxidation sites excluding steroid dienone is 1. The number of nitrogens with one attached hydrogen (secondary N) is 2. The molecule has 0 saturated heterocycles. The molecule has 0 bridgehead atoms. The zero-order valence-electron chi connectivity index (χ0n) is 17.3. The summed E-state index contributed by atoms with van der Waals surface area (Å²) < 4.78 is 1.87. The molecule has 0 atom stereocenters. The first-order valence-corrected chi connectivity index (χ1v) is 10.5. The Labute approximate surface area is 177 Å². The van der Waals surface area contributed by atoms with Crippen LogP contribution in [0.3, 0.4) is 0 Å². The molecule has 2 heterocycles. The SMILES string of the molecule is Cc1ccc(C2=C(C(=O)Nc3ccc(NCCn4cccn4)nc3)CCCC2)cc1. The van der Waals surface area contributed by atoms with Gasteiger partial charge in [-0.05, 0) is 61.9 Å². The van der Waals surface area contributed by atoms with Crippen LogP contribution < -0.4 is 10.6 Å². The third-order valence-corrected chi connectivity index (χ3v) is 5.37. The van der Waals surface area contributed by atoms with E-state index in [1.165, 1.54) is 11.1 Å². The summed E-state index contributed by atoms with van der Waals surface area (Å²) in [6, 6.07) is 14.1. The first-order valence-electron chi connectivity index (χ1n) is 10.5. The minimum Gasteiger partial charge on any atom is -0.368 e. The van der Waals surface area contributed by atoms with Gasteiger partial charge in [0.1, 0.15) is 5.82 Å². The maximum absolute atomic E-state index is 13.0. The van der Waals surface area contributed by atoms with Crippen LogP contribution in [0.2, 0.25) is 0 Å². The maximum atomic E-state index is 13.0. The van der Waals surface area contributed by atoms with Gasteiger partial charge < -0.3 is 10.6 Å². The van der Waals surface area contributed by atoms with E-state index in [4.69, 9.17) is 0 Å². The molecule has 6 nitrogen and oxygen atoms in total. The quantitative estimate of drug-likeness (QED) is 0.604. The number of benzene rings is 1. The number of aryl methyl sites for hydroxylation is 1.